The molecule has 1 aliphatic carbocycles. The molecule has 1 unspecified atom stereocenters. The van der Waals surface area contributed by atoms with Crippen molar-refractivity contribution in [1.29, 1.82) is 0 Å². The molecule has 1 aliphatic rings. The quantitative estimate of drug-likeness (QED) is 0.260. The predicted octanol–water partition coefficient (Wildman–Crippen LogP) is 5.73. The van der Waals surface area contributed by atoms with E-state index in [4.69, 9.17) is 9.16 Å². The summed E-state index contributed by atoms with van der Waals surface area (Å²) < 4.78 is 11.1. The summed E-state index contributed by atoms with van der Waals surface area (Å²) in [5, 5.41) is 0.150. The second kappa shape index (κ2) is 9.75. The number of unbranched alkanes of at least 4 members (excludes halogenated alkanes) is 1. The summed E-state index contributed by atoms with van der Waals surface area (Å²) in [7, 11) is -0.421. The van der Waals surface area contributed by atoms with Gasteiger partial charge in [-0.25, -0.2) is 0 Å². The lowest BCUT2D eigenvalue weighted by molar-refractivity contribution is -0.143. The van der Waals surface area contributed by atoms with Crippen LogP contribution in [0.3, 0.4) is 0 Å². The van der Waals surface area contributed by atoms with E-state index in [0.29, 0.717) is 12.8 Å². The molecule has 1 atom stereocenters. The van der Waals surface area contributed by atoms with Gasteiger partial charge in [-0.05, 0) is 48.2 Å². The molecule has 0 aromatic heterocycles. The van der Waals surface area contributed by atoms with Crippen molar-refractivity contribution in [3.63, 3.8) is 0 Å². The van der Waals surface area contributed by atoms with E-state index in [1.54, 1.807) is 11.8 Å². The van der Waals surface area contributed by atoms with Crippen LogP contribution in [-0.4, -0.2) is 39.0 Å². The van der Waals surface area contributed by atoms with Gasteiger partial charge in [0.2, 0.25) is 0 Å². The molecular formula is C21H38O4SSi. The van der Waals surface area contributed by atoms with Crippen LogP contribution in [0.5, 0.6) is 0 Å². The summed E-state index contributed by atoms with van der Waals surface area (Å²) in [4.78, 5) is 24.6. The molecule has 27 heavy (non-hydrogen) atoms. The number of ether oxygens (including phenoxy) is 1. The van der Waals surface area contributed by atoms with Gasteiger partial charge in [0.05, 0.1) is 19.6 Å². The first-order valence-electron chi connectivity index (χ1n) is 9.90. The molecular weight excluding hydrogens is 376 g/mol. The van der Waals surface area contributed by atoms with Gasteiger partial charge in [-0.3, -0.25) is 9.59 Å². The molecule has 156 valence electrons. The van der Waals surface area contributed by atoms with Gasteiger partial charge in [-0.15, -0.1) is 11.8 Å². The van der Waals surface area contributed by atoms with Crippen molar-refractivity contribution in [2.75, 3.05) is 12.9 Å². The standard InChI is InChI=1S/C21H38O4SSi/c1-20(2,3)27(7,8)25-16-13-17(22)18(14-16)26-12-10-9-11-21(4,5)15-19(23)24-6/h14,16H,9-13,15H2,1-8H3. The maximum atomic E-state index is 12.3. The molecule has 0 saturated heterocycles. The van der Waals surface area contributed by atoms with Gasteiger partial charge in [0.15, 0.2) is 14.1 Å². The average Bonchev–Trinajstić information content (AvgIpc) is 2.84. The third-order valence-corrected chi connectivity index (χ3v) is 11.3. The molecule has 0 spiro atoms. The summed E-state index contributed by atoms with van der Waals surface area (Å²) in [6.45, 7) is 15.3. The fourth-order valence-electron chi connectivity index (χ4n) is 2.80. The number of ketones is 1. The van der Waals surface area contributed by atoms with E-state index >= 15 is 0 Å². The van der Waals surface area contributed by atoms with Crippen molar-refractivity contribution < 1.29 is 18.8 Å². The number of allylic oxidation sites excluding steroid dienone is 1. The van der Waals surface area contributed by atoms with Gasteiger partial charge < -0.3 is 9.16 Å². The van der Waals surface area contributed by atoms with Crippen LogP contribution in [0.2, 0.25) is 18.1 Å². The molecule has 1 rings (SSSR count). The van der Waals surface area contributed by atoms with Gasteiger partial charge >= 0.3 is 5.97 Å². The molecule has 0 radical (unpaired) electrons. The Balaban J connectivity index is 2.40. The van der Waals surface area contributed by atoms with Gasteiger partial charge in [0, 0.05) is 11.3 Å². The summed E-state index contributed by atoms with van der Waals surface area (Å²) in [6, 6.07) is 0. The monoisotopic (exact) mass is 414 g/mol. The van der Waals surface area contributed by atoms with Crippen LogP contribution in [0.1, 0.15) is 66.7 Å². The third-order valence-electron chi connectivity index (χ3n) is 5.61. The van der Waals surface area contributed by atoms with Crippen molar-refractivity contribution in [3.8, 4) is 0 Å². The van der Waals surface area contributed by atoms with Crippen molar-refractivity contribution >= 4 is 31.8 Å². The Bertz CT molecular complexity index is 561. The Hall–Kier alpha value is -0.593. The number of hydrogen-bond acceptors (Lipinski definition) is 5. The van der Waals surface area contributed by atoms with Crippen LogP contribution in [-0.2, 0) is 18.8 Å². The smallest absolute Gasteiger partial charge is 0.306 e. The Morgan fingerprint density at radius 2 is 1.85 bits per heavy atom. The normalized spacial score (nSPS) is 18.6. The third kappa shape index (κ3) is 8.12. The highest BCUT2D eigenvalue weighted by Crippen LogP contribution is 2.39. The second-order valence-corrected chi connectivity index (χ2v) is 15.7. The number of carbonyl (C=O) groups excluding carboxylic acids is 2. The highest BCUT2D eigenvalue weighted by molar-refractivity contribution is 8.04. The first kappa shape index (κ1) is 24.4. The molecule has 0 saturated carbocycles. The van der Waals surface area contributed by atoms with Gasteiger partial charge in [-0.2, -0.15) is 0 Å². The van der Waals surface area contributed by atoms with Crippen LogP contribution >= 0.6 is 11.8 Å². The molecule has 0 aliphatic heterocycles. The van der Waals surface area contributed by atoms with E-state index in [1.807, 2.05) is 6.08 Å². The largest absolute Gasteiger partial charge is 0.469 e. The Morgan fingerprint density at radius 1 is 1.22 bits per heavy atom. The van der Waals surface area contributed by atoms with Crippen molar-refractivity contribution in [3.05, 3.63) is 11.0 Å². The highest BCUT2D eigenvalue weighted by atomic mass is 32.2. The van der Waals surface area contributed by atoms with E-state index in [2.05, 4.69) is 47.7 Å². The van der Waals surface area contributed by atoms with Crippen molar-refractivity contribution in [1.82, 2.24) is 0 Å². The minimum absolute atomic E-state index is 0.0394. The summed E-state index contributed by atoms with van der Waals surface area (Å²) >= 11 is 1.65. The van der Waals surface area contributed by atoms with Crippen molar-refractivity contribution in [2.24, 2.45) is 5.41 Å². The maximum Gasteiger partial charge on any atom is 0.306 e. The van der Waals surface area contributed by atoms with E-state index < -0.39 is 8.32 Å². The summed E-state index contributed by atoms with van der Waals surface area (Å²) in [5.41, 5.74) is -0.0394. The van der Waals surface area contributed by atoms with E-state index in [1.165, 1.54) is 7.11 Å². The van der Waals surface area contributed by atoms with E-state index in [-0.39, 0.29) is 28.3 Å². The number of thioether (sulfide) groups is 1. The second-order valence-electron chi connectivity index (χ2n) is 9.80. The zero-order valence-corrected chi connectivity index (χ0v) is 20.3. The molecule has 0 bridgehead atoms. The first-order valence-corrected chi connectivity index (χ1v) is 13.8. The summed E-state index contributed by atoms with van der Waals surface area (Å²) in [6.07, 6.45) is 5.98. The lowest BCUT2D eigenvalue weighted by Gasteiger charge is -2.37. The lowest BCUT2D eigenvalue weighted by Crippen LogP contribution is -2.43. The van der Waals surface area contributed by atoms with Gasteiger partial charge in [0.25, 0.3) is 0 Å². The number of carbonyl (C=O) groups is 2. The maximum absolute atomic E-state index is 12.3. The molecule has 0 aromatic carbocycles. The fourth-order valence-corrected chi connectivity index (χ4v) is 5.13. The minimum atomic E-state index is -1.85. The van der Waals surface area contributed by atoms with Gasteiger partial charge in [0.1, 0.15) is 0 Å². The van der Waals surface area contributed by atoms with Crippen LogP contribution in [0, 0.1) is 5.41 Å². The van der Waals surface area contributed by atoms with Crippen LogP contribution < -0.4 is 0 Å². The number of methoxy groups -OCH3 is 1. The van der Waals surface area contributed by atoms with Gasteiger partial charge in [-0.1, -0.05) is 41.0 Å². The predicted molar refractivity (Wildman–Crippen MR) is 117 cm³/mol. The molecule has 0 amide bonds. The highest BCUT2D eigenvalue weighted by Gasteiger charge is 2.40. The SMILES string of the molecule is COC(=O)CC(C)(C)CCCCSC1=CC(O[Si](C)(C)C(C)(C)C)CC1=O. The number of hydrogen-bond donors (Lipinski definition) is 0. The summed E-state index contributed by atoms with van der Waals surface area (Å²) in [5.74, 6) is 0.997. The Morgan fingerprint density at radius 3 is 2.41 bits per heavy atom. The molecule has 0 heterocycles. The molecule has 4 nitrogen and oxygen atoms in total. The number of rotatable bonds is 10. The molecule has 0 fully saturated rings. The topological polar surface area (TPSA) is 52.6 Å². The number of esters is 1. The van der Waals surface area contributed by atoms with Crippen LogP contribution in [0.25, 0.3) is 0 Å². The lowest BCUT2D eigenvalue weighted by atomic mass is 9.84. The molecule has 0 aromatic rings. The van der Waals surface area contributed by atoms with E-state index in [0.717, 1.165) is 29.9 Å². The molecule has 6 heteroatoms. The zero-order chi connectivity index (χ0) is 20.9. The average molecular weight is 415 g/mol. The number of Topliss-reactive ketones (excluding diaryl/α,β-unsaturated/α-hetero) is 1. The first-order chi connectivity index (χ1) is 12.3. The minimum Gasteiger partial charge on any atom is -0.469 e. The van der Waals surface area contributed by atoms with Crippen molar-refractivity contribution in [2.45, 2.75) is 91.0 Å². The Labute approximate surface area is 171 Å². The van der Waals surface area contributed by atoms with E-state index in [9.17, 15) is 9.59 Å². The van der Waals surface area contributed by atoms with Crippen LogP contribution in [0.4, 0.5) is 0 Å². The zero-order valence-electron chi connectivity index (χ0n) is 18.4. The fraction of sp³-hybridized carbons (Fsp3) is 0.810. The Kier molecular flexibility index (Phi) is 8.82. The molecule has 0 N–H and O–H groups in total. The van der Waals surface area contributed by atoms with Crippen LogP contribution in [0.15, 0.2) is 11.0 Å².